The van der Waals surface area contributed by atoms with Crippen LogP contribution < -0.4 is 5.32 Å². The van der Waals surface area contributed by atoms with Crippen LogP contribution in [0.1, 0.15) is 67.4 Å². The molecule has 1 amide bonds. The third kappa shape index (κ3) is 3.90. The molecule has 146 valence electrons. The van der Waals surface area contributed by atoms with Gasteiger partial charge < -0.3 is 20.6 Å². The fourth-order valence-corrected chi connectivity index (χ4v) is 4.26. The van der Waals surface area contributed by atoms with Gasteiger partial charge in [0.15, 0.2) is 5.65 Å². The van der Waals surface area contributed by atoms with Gasteiger partial charge >= 0.3 is 0 Å². The number of ether oxygens (including phenoxy) is 1. The number of anilines is 1. The molecule has 7 nitrogen and oxygen atoms in total. The number of carbonyl (C=O) groups is 1. The van der Waals surface area contributed by atoms with Crippen molar-refractivity contribution in [1.82, 2.24) is 14.8 Å². The zero-order valence-corrected chi connectivity index (χ0v) is 18.6. The van der Waals surface area contributed by atoms with E-state index in [1.165, 1.54) is 0 Å². The molecule has 0 spiro atoms. The molecule has 4 rings (SSSR count). The quantitative estimate of drug-likeness (QED) is 0.622. The van der Waals surface area contributed by atoms with E-state index in [0.717, 1.165) is 80.7 Å². The number of hydrogen-bond acceptors (Lipinski definition) is 5. The van der Waals surface area contributed by atoms with E-state index in [4.69, 9.17) is 15.5 Å². The summed E-state index contributed by atoms with van der Waals surface area (Å²) in [6.07, 6.45) is 7.97. The molecule has 0 atom stereocenters. The molecule has 0 bridgehead atoms. The van der Waals surface area contributed by atoms with Crippen LogP contribution in [-0.4, -0.2) is 39.9 Å². The van der Waals surface area contributed by atoms with Gasteiger partial charge in [-0.2, -0.15) is 5.10 Å². The maximum absolute atomic E-state index is 12.3. The zero-order chi connectivity index (χ0) is 18.1. The Hall–Kier alpha value is -1.46. The topological polar surface area (TPSA) is 92.8 Å². The third-order valence-electron chi connectivity index (χ3n) is 5.65. The Bertz CT molecular complexity index is 810. The molecule has 3 heterocycles. The van der Waals surface area contributed by atoms with E-state index in [0.29, 0.717) is 5.56 Å². The van der Waals surface area contributed by atoms with Crippen molar-refractivity contribution in [3.8, 4) is 0 Å². The van der Waals surface area contributed by atoms with E-state index in [-0.39, 0.29) is 33.0 Å². The first-order chi connectivity index (χ1) is 12.7. The molecule has 0 unspecified atom stereocenters. The van der Waals surface area contributed by atoms with Crippen molar-refractivity contribution in [2.45, 2.75) is 64.0 Å². The summed E-state index contributed by atoms with van der Waals surface area (Å²) < 4.78 is 7.33. The Morgan fingerprint density at radius 1 is 1.30 bits per heavy atom. The molecule has 2 fully saturated rings. The number of fused-ring (bicyclic) bond motifs is 1. The fourth-order valence-electron chi connectivity index (χ4n) is 4.26. The molecule has 8 heteroatoms. The first-order valence-corrected chi connectivity index (χ1v) is 9.68. The normalized spacial score (nSPS) is 18.6. The van der Waals surface area contributed by atoms with Gasteiger partial charge in [-0.3, -0.25) is 0 Å². The molecule has 2 aromatic rings. The van der Waals surface area contributed by atoms with E-state index in [2.05, 4.69) is 10.4 Å². The summed E-state index contributed by atoms with van der Waals surface area (Å²) in [6.45, 7) is 4.21. The average molecular weight is 540 g/mol. The molecule has 2 aliphatic rings. The molecule has 1 aliphatic carbocycles. The van der Waals surface area contributed by atoms with Gasteiger partial charge in [0, 0.05) is 58.3 Å². The zero-order valence-electron chi connectivity index (χ0n) is 15.7. The number of hydrogen-bond donors (Lipinski definition) is 1. The molecule has 2 N–H and O–H groups in total. The molecule has 0 aromatic carbocycles. The number of rotatable bonds is 5. The minimum atomic E-state index is -0.653. The van der Waals surface area contributed by atoms with Crippen molar-refractivity contribution in [1.29, 1.82) is 0 Å². The number of aryl methyl sites for hydroxylation is 1. The number of nitrogens with zero attached hydrogens (tertiary/aromatic N) is 3. The van der Waals surface area contributed by atoms with Crippen molar-refractivity contribution >= 4 is 22.6 Å². The van der Waals surface area contributed by atoms with Crippen LogP contribution in [0.2, 0.25) is 0 Å². The molecule has 2 aromatic heterocycles. The summed E-state index contributed by atoms with van der Waals surface area (Å²) in [5.41, 5.74) is 10.7. The fraction of sp³-hybridized carbons (Fsp3) is 0.632. The molecule has 1 aliphatic heterocycles. The number of nitrogens with one attached hydrogen (secondary N) is 2. The summed E-state index contributed by atoms with van der Waals surface area (Å²) in [5.74, 6) is -0.390. The number of carbonyl (C=O) groups excluding carboxylic acids is 1. The maximum atomic E-state index is 12.3. The Balaban J connectivity index is 0.00000210. The van der Waals surface area contributed by atoms with Gasteiger partial charge in [0.1, 0.15) is 0 Å². The van der Waals surface area contributed by atoms with Crippen LogP contribution in [0.5, 0.6) is 0 Å². The smallest absolute Gasteiger partial charge is 0.160 e. The van der Waals surface area contributed by atoms with Crippen LogP contribution in [0.4, 0.5) is 5.69 Å². The van der Waals surface area contributed by atoms with Crippen LogP contribution in [0.3, 0.4) is 0 Å². The van der Waals surface area contributed by atoms with Crippen molar-refractivity contribution in [3.05, 3.63) is 23.2 Å². The van der Waals surface area contributed by atoms with Gasteiger partial charge in [-0.25, -0.2) is 9.67 Å². The summed E-state index contributed by atoms with van der Waals surface area (Å²) in [6, 6.07) is 0.244. The van der Waals surface area contributed by atoms with Crippen molar-refractivity contribution in [2.75, 3.05) is 18.5 Å². The van der Waals surface area contributed by atoms with Crippen molar-refractivity contribution in [2.24, 2.45) is 0 Å². The van der Waals surface area contributed by atoms with Gasteiger partial charge in [0.2, 0.25) is 0 Å². The van der Waals surface area contributed by atoms with E-state index >= 15 is 0 Å². The standard InChI is InChI=1S/C19H27N5O2.W/c1-2-24-19-14(11-21-24)17(22-13-7-9-26-10-8-13)15(18(20)25)16(23-19)12-5-3-4-6-12;/h11-13H,2-10H2,1H3,(H3,20,21,22,23,25);/p-1. The number of aromatic nitrogens is 3. The SMILES string of the molecule is CCn1ncc2c(NC3CCOCC3)c(C([NH-])=O)c(C3CCCC3)nc21.[W]. The summed E-state index contributed by atoms with van der Waals surface area (Å²) in [4.78, 5) is 17.2. The van der Waals surface area contributed by atoms with E-state index in [9.17, 15) is 4.79 Å². The molecular weight excluding hydrogens is 514 g/mol. The Kier molecular flexibility index (Phi) is 6.53. The van der Waals surface area contributed by atoms with Gasteiger partial charge in [-0.05, 0) is 32.6 Å². The van der Waals surface area contributed by atoms with E-state index in [1.54, 1.807) is 6.20 Å². The molecule has 27 heavy (non-hydrogen) atoms. The van der Waals surface area contributed by atoms with Crippen LogP contribution in [0.25, 0.3) is 16.8 Å². The molecular formula is C19H26N5O2W-. The predicted molar refractivity (Wildman–Crippen MR) is 101 cm³/mol. The summed E-state index contributed by atoms with van der Waals surface area (Å²) in [5, 5.41) is 8.86. The van der Waals surface area contributed by atoms with Gasteiger partial charge in [-0.1, -0.05) is 12.8 Å². The maximum Gasteiger partial charge on any atom is 0.160 e. The Morgan fingerprint density at radius 3 is 2.63 bits per heavy atom. The molecule has 1 saturated carbocycles. The van der Waals surface area contributed by atoms with Crippen LogP contribution in [0, 0.1) is 0 Å². The minimum Gasteiger partial charge on any atom is -0.663 e. The van der Waals surface area contributed by atoms with Gasteiger partial charge in [0.05, 0.1) is 28.9 Å². The van der Waals surface area contributed by atoms with Crippen LogP contribution in [0.15, 0.2) is 6.20 Å². The summed E-state index contributed by atoms with van der Waals surface area (Å²) >= 11 is 0. The Morgan fingerprint density at radius 2 is 2.00 bits per heavy atom. The largest absolute Gasteiger partial charge is 0.663 e. The average Bonchev–Trinajstić information content (AvgIpc) is 3.31. The van der Waals surface area contributed by atoms with Crippen molar-refractivity contribution in [3.63, 3.8) is 0 Å². The number of amides is 1. The third-order valence-corrected chi connectivity index (χ3v) is 5.65. The van der Waals surface area contributed by atoms with Gasteiger partial charge in [0.25, 0.3) is 0 Å². The predicted octanol–water partition coefficient (Wildman–Crippen LogP) is 3.89. The first kappa shape index (κ1) is 20.3. The van der Waals surface area contributed by atoms with Crippen LogP contribution >= 0.6 is 0 Å². The second kappa shape index (κ2) is 8.70. The first-order valence-electron chi connectivity index (χ1n) is 9.68. The molecule has 0 radical (unpaired) electrons. The second-order valence-corrected chi connectivity index (χ2v) is 7.29. The van der Waals surface area contributed by atoms with Crippen LogP contribution in [-0.2, 0) is 32.3 Å². The monoisotopic (exact) mass is 540 g/mol. The Labute approximate surface area is 173 Å². The molecule has 1 saturated heterocycles. The second-order valence-electron chi connectivity index (χ2n) is 7.29. The van der Waals surface area contributed by atoms with Gasteiger partial charge in [-0.15, -0.1) is 0 Å². The minimum absolute atomic E-state index is 0. The summed E-state index contributed by atoms with van der Waals surface area (Å²) in [7, 11) is 0. The van der Waals surface area contributed by atoms with Crippen molar-refractivity contribution < 1.29 is 30.6 Å². The van der Waals surface area contributed by atoms with E-state index < -0.39 is 5.91 Å². The van der Waals surface area contributed by atoms with E-state index in [1.807, 2.05) is 11.6 Å². The number of pyridine rings is 1.